The van der Waals surface area contributed by atoms with E-state index in [1.807, 2.05) is 6.92 Å². The largest absolute Gasteiger partial charge is 0.326 e. The van der Waals surface area contributed by atoms with Crippen LogP contribution < -0.4 is 10.9 Å². The van der Waals surface area contributed by atoms with E-state index in [-0.39, 0.29) is 30.0 Å². The lowest BCUT2D eigenvalue weighted by Gasteiger charge is -2.13. The minimum atomic E-state index is -3.24. The van der Waals surface area contributed by atoms with E-state index >= 15 is 0 Å². The topological polar surface area (TPSA) is 118 Å². The van der Waals surface area contributed by atoms with Crippen LogP contribution in [-0.4, -0.2) is 52.7 Å². The number of nitrogens with zero attached hydrogens (tertiary/aromatic N) is 3. The van der Waals surface area contributed by atoms with Crippen molar-refractivity contribution in [2.75, 3.05) is 12.0 Å². The van der Waals surface area contributed by atoms with Crippen LogP contribution in [0.2, 0.25) is 0 Å². The molecule has 3 heterocycles. The van der Waals surface area contributed by atoms with Crippen LogP contribution >= 0.6 is 0 Å². The monoisotopic (exact) mass is 378 g/mol. The number of urea groups is 1. The van der Waals surface area contributed by atoms with Gasteiger partial charge in [0.2, 0.25) is 0 Å². The zero-order chi connectivity index (χ0) is 19.1. The summed E-state index contributed by atoms with van der Waals surface area (Å²) in [5.74, 6) is -0.725. The number of sulfone groups is 1. The molecule has 3 rings (SSSR count). The molecule has 0 aliphatic carbocycles. The Kier molecular flexibility index (Phi) is 4.53. The van der Waals surface area contributed by atoms with Gasteiger partial charge < -0.3 is 5.32 Å². The van der Waals surface area contributed by atoms with E-state index in [1.54, 1.807) is 18.3 Å². The third-order valence-corrected chi connectivity index (χ3v) is 5.06. The van der Waals surface area contributed by atoms with E-state index in [1.165, 1.54) is 10.5 Å². The van der Waals surface area contributed by atoms with Gasteiger partial charge in [-0.1, -0.05) is 0 Å². The van der Waals surface area contributed by atoms with Crippen molar-refractivity contribution in [1.82, 2.24) is 19.6 Å². The van der Waals surface area contributed by atoms with E-state index in [0.717, 1.165) is 16.7 Å². The van der Waals surface area contributed by atoms with Crippen molar-refractivity contribution in [2.45, 2.75) is 25.9 Å². The Balaban J connectivity index is 1.82. The molecule has 0 spiro atoms. The quantitative estimate of drug-likeness (QED) is 0.724. The van der Waals surface area contributed by atoms with Gasteiger partial charge in [0, 0.05) is 18.5 Å². The molecule has 1 unspecified atom stereocenters. The van der Waals surface area contributed by atoms with Crippen LogP contribution in [-0.2, 0) is 21.2 Å². The van der Waals surface area contributed by atoms with Crippen LogP contribution in [0, 0.1) is 6.92 Å². The Morgan fingerprint density at radius 3 is 2.65 bits per heavy atom. The number of carbonyl (C=O) groups is 2. The first-order chi connectivity index (χ1) is 12.1. The molecule has 1 atom stereocenters. The van der Waals surface area contributed by atoms with E-state index in [9.17, 15) is 22.8 Å². The number of fused-ring (bicyclic) bond motifs is 1. The Hall–Kier alpha value is -2.75. The van der Waals surface area contributed by atoms with Gasteiger partial charge in [0.25, 0.3) is 11.5 Å². The maximum absolute atomic E-state index is 12.4. The molecule has 1 saturated heterocycles. The fourth-order valence-corrected chi connectivity index (χ4v) is 3.41. The SMILES string of the molecule is Cc1ccn2c(=O)cc(CN3C(=O)NC(CCS(C)(=O)=O)C3=O)nc2c1. The molecule has 0 bridgehead atoms. The summed E-state index contributed by atoms with van der Waals surface area (Å²) in [6.45, 7) is 1.71. The summed E-state index contributed by atoms with van der Waals surface area (Å²) in [4.78, 5) is 41.9. The molecule has 2 aromatic heterocycles. The molecular weight excluding hydrogens is 360 g/mol. The maximum Gasteiger partial charge on any atom is 0.325 e. The van der Waals surface area contributed by atoms with Gasteiger partial charge in [-0.3, -0.25) is 18.9 Å². The highest BCUT2D eigenvalue weighted by atomic mass is 32.2. The van der Waals surface area contributed by atoms with Gasteiger partial charge in [-0.15, -0.1) is 0 Å². The lowest BCUT2D eigenvalue weighted by atomic mass is 10.2. The van der Waals surface area contributed by atoms with E-state index in [2.05, 4.69) is 10.3 Å². The normalized spacial score (nSPS) is 17.8. The van der Waals surface area contributed by atoms with Gasteiger partial charge in [0.05, 0.1) is 18.0 Å². The van der Waals surface area contributed by atoms with E-state index in [4.69, 9.17) is 0 Å². The van der Waals surface area contributed by atoms with E-state index in [0.29, 0.717) is 5.65 Å². The molecule has 10 heteroatoms. The molecule has 0 aromatic carbocycles. The Morgan fingerprint density at radius 2 is 1.96 bits per heavy atom. The second-order valence-electron chi connectivity index (χ2n) is 6.36. The summed E-state index contributed by atoms with van der Waals surface area (Å²) >= 11 is 0. The van der Waals surface area contributed by atoms with Gasteiger partial charge in [0.1, 0.15) is 21.5 Å². The van der Waals surface area contributed by atoms with Gasteiger partial charge in [-0.05, 0) is 31.0 Å². The summed E-state index contributed by atoms with van der Waals surface area (Å²) < 4.78 is 23.9. The highest BCUT2D eigenvalue weighted by Gasteiger charge is 2.38. The molecule has 0 radical (unpaired) electrons. The van der Waals surface area contributed by atoms with Gasteiger partial charge >= 0.3 is 6.03 Å². The molecule has 138 valence electrons. The second-order valence-corrected chi connectivity index (χ2v) is 8.62. The second kappa shape index (κ2) is 6.52. The molecule has 1 N–H and O–H groups in total. The third-order valence-electron chi connectivity index (χ3n) is 4.08. The predicted octanol–water partition coefficient (Wildman–Crippen LogP) is -0.142. The number of imide groups is 1. The maximum atomic E-state index is 12.4. The van der Waals surface area contributed by atoms with Gasteiger partial charge in [0.15, 0.2) is 0 Å². The number of rotatable bonds is 5. The van der Waals surface area contributed by atoms with Crippen molar-refractivity contribution in [3.05, 3.63) is 46.0 Å². The van der Waals surface area contributed by atoms with Crippen LogP contribution in [0.3, 0.4) is 0 Å². The Labute approximate surface area is 149 Å². The van der Waals surface area contributed by atoms with Crippen molar-refractivity contribution < 1.29 is 18.0 Å². The molecule has 9 nitrogen and oxygen atoms in total. The van der Waals surface area contributed by atoms with Crippen molar-refractivity contribution in [1.29, 1.82) is 0 Å². The van der Waals surface area contributed by atoms with Crippen LogP contribution in [0.4, 0.5) is 4.79 Å². The minimum Gasteiger partial charge on any atom is -0.326 e. The fourth-order valence-electron chi connectivity index (χ4n) is 2.75. The number of aryl methyl sites for hydroxylation is 1. The first-order valence-corrected chi connectivity index (χ1v) is 9.99. The summed E-state index contributed by atoms with van der Waals surface area (Å²) in [7, 11) is -3.24. The first kappa shape index (κ1) is 18.1. The first-order valence-electron chi connectivity index (χ1n) is 7.92. The minimum absolute atomic E-state index is 0.00685. The molecule has 2 aromatic rings. The number of hydrogen-bond acceptors (Lipinski definition) is 6. The molecule has 1 fully saturated rings. The van der Waals surface area contributed by atoms with Crippen LogP contribution in [0.1, 0.15) is 17.7 Å². The fraction of sp³-hybridized carbons (Fsp3) is 0.375. The van der Waals surface area contributed by atoms with E-state index < -0.39 is 27.8 Å². The number of nitrogens with one attached hydrogen (secondary N) is 1. The average Bonchev–Trinajstić information content (AvgIpc) is 2.79. The highest BCUT2D eigenvalue weighted by molar-refractivity contribution is 7.90. The summed E-state index contributed by atoms with van der Waals surface area (Å²) in [6, 6.07) is 3.26. The summed E-state index contributed by atoms with van der Waals surface area (Å²) in [5, 5.41) is 2.47. The zero-order valence-electron chi connectivity index (χ0n) is 14.3. The molecule has 3 amide bonds. The molecule has 26 heavy (non-hydrogen) atoms. The number of hydrogen-bond donors (Lipinski definition) is 1. The number of pyridine rings is 1. The van der Waals surface area contributed by atoms with Crippen LogP contribution in [0.15, 0.2) is 29.2 Å². The lowest BCUT2D eigenvalue weighted by molar-refractivity contribution is -0.127. The number of amides is 3. The molecule has 1 aliphatic heterocycles. The van der Waals surface area contributed by atoms with Crippen molar-refractivity contribution in [3.63, 3.8) is 0 Å². The zero-order valence-corrected chi connectivity index (χ0v) is 15.1. The smallest absolute Gasteiger partial charge is 0.325 e. The Morgan fingerprint density at radius 1 is 1.23 bits per heavy atom. The predicted molar refractivity (Wildman–Crippen MR) is 93.4 cm³/mol. The lowest BCUT2D eigenvalue weighted by Crippen LogP contribution is -2.32. The van der Waals surface area contributed by atoms with Crippen molar-refractivity contribution in [3.8, 4) is 0 Å². The Bertz CT molecular complexity index is 1060. The summed E-state index contributed by atoms with van der Waals surface area (Å²) in [6.07, 6.45) is 2.69. The van der Waals surface area contributed by atoms with Crippen LogP contribution in [0.25, 0.3) is 5.65 Å². The highest BCUT2D eigenvalue weighted by Crippen LogP contribution is 2.14. The molecule has 0 saturated carbocycles. The number of carbonyl (C=O) groups excluding carboxylic acids is 2. The average molecular weight is 378 g/mol. The van der Waals surface area contributed by atoms with Gasteiger partial charge in [-0.25, -0.2) is 18.2 Å². The summed E-state index contributed by atoms with van der Waals surface area (Å²) in [5.41, 5.74) is 1.32. The molecular formula is C16H18N4O5S. The van der Waals surface area contributed by atoms with Crippen LogP contribution in [0.5, 0.6) is 0 Å². The standard InChI is InChI=1S/C16H18N4O5S/c1-10-3-5-19-13(7-10)17-11(8-14(19)21)9-20-15(22)12(18-16(20)23)4-6-26(2,24)25/h3,5,7-8,12H,4,6,9H2,1-2H3,(H,18,23). The van der Waals surface area contributed by atoms with Crippen molar-refractivity contribution >= 4 is 27.4 Å². The molecule has 1 aliphatic rings. The van der Waals surface area contributed by atoms with Gasteiger partial charge in [-0.2, -0.15) is 0 Å². The van der Waals surface area contributed by atoms with Crippen molar-refractivity contribution in [2.24, 2.45) is 0 Å². The third kappa shape index (κ3) is 3.74. The number of aromatic nitrogens is 2.